The third-order valence-electron chi connectivity index (χ3n) is 4.07. The summed E-state index contributed by atoms with van der Waals surface area (Å²) in [5.41, 5.74) is 1.81. The molecule has 0 saturated carbocycles. The number of nitriles is 1. The highest BCUT2D eigenvalue weighted by molar-refractivity contribution is 7.15. The summed E-state index contributed by atoms with van der Waals surface area (Å²) in [6.45, 7) is 2.69. The first kappa shape index (κ1) is 21.6. The van der Waals surface area contributed by atoms with Gasteiger partial charge >= 0.3 is 0 Å². The van der Waals surface area contributed by atoms with Gasteiger partial charge in [0, 0.05) is 22.5 Å². The van der Waals surface area contributed by atoms with Crippen LogP contribution >= 0.6 is 22.9 Å². The van der Waals surface area contributed by atoms with Gasteiger partial charge in [-0.05, 0) is 47.9 Å². The molecule has 0 aliphatic carbocycles. The molecular weight excluding hydrogens is 418 g/mol. The summed E-state index contributed by atoms with van der Waals surface area (Å²) in [4.78, 5) is 17.7. The number of anilines is 1. The molecule has 30 heavy (non-hydrogen) atoms. The van der Waals surface area contributed by atoms with Crippen LogP contribution in [0, 0.1) is 11.3 Å². The molecule has 3 aromatic rings. The Bertz CT molecular complexity index is 1080. The van der Waals surface area contributed by atoms with Crippen LogP contribution in [0.4, 0.5) is 5.13 Å². The molecule has 0 bridgehead atoms. The summed E-state index contributed by atoms with van der Waals surface area (Å²) in [6, 6.07) is 16.8. The Kier molecular flexibility index (Phi) is 7.61. The van der Waals surface area contributed by atoms with Gasteiger partial charge in [0.2, 0.25) is 0 Å². The standard InChI is InChI=1S/C23H20ClN3O2S/c1-2-10-29-20-8-6-16(7-9-20)11-18(14-25)22(28)27-23-26-15-21(30-23)13-17-4-3-5-19(24)12-17/h3-9,11-12,15H,2,10,13H2,1H3,(H,26,27,28)/b18-11+. The number of carbonyl (C=O) groups is 1. The monoisotopic (exact) mass is 437 g/mol. The Balaban J connectivity index is 1.64. The van der Waals surface area contributed by atoms with Gasteiger partial charge in [0.15, 0.2) is 5.13 Å². The van der Waals surface area contributed by atoms with Crippen LogP contribution in [0.2, 0.25) is 5.02 Å². The highest BCUT2D eigenvalue weighted by Crippen LogP contribution is 2.23. The molecule has 1 heterocycles. The van der Waals surface area contributed by atoms with E-state index in [9.17, 15) is 10.1 Å². The van der Waals surface area contributed by atoms with Crippen LogP contribution in [0.25, 0.3) is 6.08 Å². The number of benzene rings is 2. The molecule has 152 valence electrons. The largest absolute Gasteiger partial charge is 0.494 e. The van der Waals surface area contributed by atoms with Crippen molar-refractivity contribution in [3.63, 3.8) is 0 Å². The lowest BCUT2D eigenvalue weighted by molar-refractivity contribution is -0.112. The number of hydrogen-bond acceptors (Lipinski definition) is 5. The second-order valence-electron chi connectivity index (χ2n) is 6.48. The fourth-order valence-electron chi connectivity index (χ4n) is 2.66. The van der Waals surface area contributed by atoms with Crippen LogP contribution in [0.3, 0.4) is 0 Å². The smallest absolute Gasteiger partial charge is 0.268 e. The van der Waals surface area contributed by atoms with Gasteiger partial charge in [-0.2, -0.15) is 5.26 Å². The maximum atomic E-state index is 12.5. The van der Waals surface area contributed by atoms with Crippen molar-refractivity contribution in [3.05, 3.63) is 81.3 Å². The summed E-state index contributed by atoms with van der Waals surface area (Å²) in [5.74, 6) is 0.263. The van der Waals surface area contributed by atoms with Crippen LogP contribution in [-0.4, -0.2) is 17.5 Å². The zero-order valence-electron chi connectivity index (χ0n) is 16.4. The second-order valence-corrected chi connectivity index (χ2v) is 8.03. The molecule has 0 saturated heterocycles. The Morgan fingerprint density at radius 2 is 2.10 bits per heavy atom. The Morgan fingerprint density at radius 1 is 1.30 bits per heavy atom. The summed E-state index contributed by atoms with van der Waals surface area (Å²) < 4.78 is 5.54. The van der Waals surface area contributed by atoms with E-state index in [1.807, 2.05) is 61.5 Å². The summed E-state index contributed by atoms with van der Waals surface area (Å²) in [5, 5.41) is 13.2. The predicted octanol–water partition coefficient (Wildman–Crippen LogP) is 5.72. The van der Waals surface area contributed by atoms with Gasteiger partial charge in [-0.1, -0.05) is 42.8 Å². The number of rotatable bonds is 8. The lowest BCUT2D eigenvalue weighted by Gasteiger charge is -2.04. The number of aromatic nitrogens is 1. The van der Waals surface area contributed by atoms with Crippen LogP contribution in [0.15, 0.2) is 60.3 Å². The average molecular weight is 438 g/mol. The van der Waals surface area contributed by atoms with Gasteiger partial charge in [0.25, 0.3) is 5.91 Å². The van der Waals surface area contributed by atoms with Crippen molar-refractivity contribution < 1.29 is 9.53 Å². The Hall–Kier alpha value is -3.14. The fraction of sp³-hybridized carbons (Fsp3) is 0.174. The molecule has 0 aliphatic heterocycles. The summed E-state index contributed by atoms with van der Waals surface area (Å²) in [6.07, 6.45) is 4.85. The highest BCUT2D eigenvalue weighted by Gasteiger charge is 2.12. The van der Waals surface area contributed by atoms with Crippen molar-refractivity contribution in [2.45, 2.75) is 19.8 Å². The molecule has 0 spiro atoms. The molecule has 7 heteroatoms. The lowest BCUT2D eigenvalue weighted by atomic mass is 10.1. The quantitative estimate of drug-likeness (QED) is 0.361. The number of nitrogens with one attached hydrogen (secondary N) is 1. The number of ether oxygens (including phenoxy) is 1. The van der Waals surface area contributed by atoms with E-state index in [2.05, 4.69) is 10.3 Å². The fourth-order valence-corrected chi connectivity index (χ4v) is 3.71. The molecule has 1 amide bonds. The van der Waals surface area contributed by atoms with Gasteiger partial charge in [0.1, 0.15) is 17.4 Å². The van der Waals surface area contributed by atoms with E-state index in [-0.39, 0.29) is 5.57 Å². The van der Waals surface area contributed by atoms with E-state index in [1.165, 1.54) is 11.3 Å². The van der Waals surface area contributed by atoms with E-state index in [0.29, 0.717) is 23.2 Å². The van der Waals surface area contributed by atoms with Crippen molar-refractivity contribution in [1.82, 2.24) is 4.98 Å². The Morgan fingerprint density at radius 3 is 2.80 bits per heavy atom. The highest BCUT2D eigenvalue weighted by atomic mass is 35.5. The number of hydrogen-bond donors (Lipinski definition) is 1. The summed E-state index contributed by atoms with van der Waals surface area (Å²) >= 11 is 7.39. The molecule has 3 rings (SSSR count). The summed E-state index contributed by atoms with van der Waals surface area (Å²) in [7, 11) is 0. The number of thiazole rings is 1. The number of carbonyl (C=O) groups excluding carboxylic acids is 1. The first-order valence-corrected chi connectivity index (χ1v) is 10.6. The van der Waals surface area contributed by atoms with E-state index in [0.717, 1.165) is 28.2 Å². The zero-order chi connectivity index (χ0) is 21.3. The zero-order valence-corrected chi connectivity index (χ0v) is 18.0. The molecule has 0 fully saturated rings. The van der Waals surface area contributed by atoms with E-state index in [1.54, 1.807) is 12.3 Å². The van der Waals surface area contributed by atoms with Gasteiger partial charge in [-0.15, -0.1) is 11.3 Å². The van der Waals surface area contributed by atoms with Crippen LogP contribution in [0.5, 0.6) is 5.75 Å². The molecule has 0 unspecified atom stereocenters. The SMILES string of the molecule is CCCOc1ccc(/C=C(\C#N)C(=O)Nc2ncc(Cc3cccc(Cl)c3)s2)cc1. The molecule has 0 aliphatic rings. The molecule has 2 aromatic carbocycles. The minimum Gasteiger partial charge on any atom is -0.494 e. The maximum absolute atomic E-state index is 12.5. The molecule has 1 N–H and O–H groups in total. The van der Waals surface area contributed by atoms with Crippen molar-refractivity contribution in [2.75, 3.05) is 11.9 Å². The van der Waals surface area contributed by atoms with Crippen LogP contribution < -0.4 is 10.1 Å². The van der Waals surface area contributed by atoms with E-state index >= 15 is 0 Å². The number of amides is 1. The van der Waals surface area contributed by atoms with E-state index in [4.69, 9.17) is 16.3 Å². The van der Waals surface area contributed by atoms with Gasteiger partial charge < -0.3 is 4.74 Å². The van der Waals surface area contributed by atoms with E-state index < -0.39 is 5.91 Å². The second kappa shape index (κ2) is 10.6. The van der Waals surface area contributed by atoms with Crippen LogP contribution in [-0.2, 0) is 11.2 Å². The van der Waals surface area contributed by atoms with Crippen molar-refractivity contribution in [3.8, 4) is 11.8 Å². The maximum Gasteiger partial charge on any atom is 0.268 e. The lowest BCUT2D eigenvalue weighted by Crippen LogP contribution is -2.13. The minimum absolute atomic E-state index is 0.00353. The van der Waals surface area contributed by atoms with Crippen molar-refractivity contribution >= 4 is 40.1 Å². The number of halogens is 1. The molecule has 1 aromatic heterocycles. The number of nitrogens with zero attached hydrogens (tertiary/aromatic N) is 2. The molecular formula is C23H20ClN3O2S. The van der Waals surface area contributed by atoms with Crippen LogP contribution in [0.1, 0.15) is 29.3 Å². The Labute approximate surface area is 184 Å². The normalized spacial score (nSPS) is 11.0. The molecule has 0 radical (unpaired) electrons. The van der Waals surface area contributed by atoms with Gasteiger partial charge in [-0.25, -0.2) is 4.98 Å². The van der Waals surface area contributed by atoms with Gasteiger partial charge in [0.05, 0.1) is 6.61 Å². The average Bonchev–Trinajstić information content (AvgIpc) is 3.17. The minimum atomic E-state index is -0.493. The van der Waals surface area contributed by atoms with Crippen molar-refractivity contribution in [2.24, 2.45) is 0 Å². The van der Waals surface area contributed by atoms with Crippen molar-refractivity contribution in [1.29, 1.82) is 5.26 Å². The first-order chi connectivity index (χ1) is 14.6. The third-order valence-corrected chi connectivity index (χ3v) is 5.22. The molecule has 5 nitrogen and oxygen atoms in total. The van der Waals surface area contributed by atoms with Gasteiger partial charge in [-0.3, -0.25) is 10.1 Å². The third kappa shape index (κ3) is 6.18. The topological polar surface area (TPSA) is 75.0 Å². The predicted molar refractivity (Wildman–Crippen MR) is 121 cm³/mol. The first-order valence-electron chi connectivity index (χ1n) is 9.42. The molecule has 0 atom stereocenters.